The van der Waals surface area contributed by atoms with E-state index in [0.717, 1.165) is 51.0 Å². The van der Waals surface area contributed by atoms with Gasteiger partial charge in [-0.3, -0.25) is 4.79 Å². The van der Waals surface area contributed by atoms with Gasteiger partial charge in [0.1, 0.15) is 11.5 Å². The first-order valence-corrected chi connectivity index (χ1v) is 12.5. The Morgan fingerprint density at radius 1 is 1.03 bits per heavy atom. The number of carbonyl (C=O) groups excluding carboxylic acids is 1. The number of pyridine rings is 1. The topological polar surface area (TPSA) is 62.2 Å². The van der Waals surface area contributed by atoms with Crippen LogP contribution in [0.5, 0.6) is 0 Å². The third-order valence-corrected chi connectivity index (χ3v) is 7.01. The zero-order valence-corrected chi connectivity index (χ0v) is 21.0. The van der Waals surface area contributed by atoms with Crippen molar-refractivity contribution >= 4 is 39.0 Å². The molecule has 0 spiro atoms. The second kappa shape index (κ2) is 8.89. The minimum Gasteiger partial charge on any atom is -0.354 e. The summed E-state index contributed by atoms with van der Waals surface area (Å²) in [6.07, 6.45) is 3.05. The number of aryl methyl sites for hydroxylation is 3. The van der Waals surface area contributed by atoms with Gasteiger partial charge < -0.3 is 14.7 Å². The number of nitrogens with zero attached hydrogens (tertiary/aromatic N) is 2. The molecule has 3 heterocycles. The molecule has 5 nitrogen and oxygen atoms in total. The molecule has 0 saturated heterocycles. The van der Waals surface area contributed by atoms with Gasteiger partial charge in [-0.2, -0.15) is 0 Å². The van der Waals surface area contributed by atoms with E-state index in [4.69, 9.17) is 4.98 Å². The summed E-state index contributed by atoms with van der Waals surface area (Å²) in [7, 11) is 0. The van der Waals surface area contributed by atoms with E-state index >= 15 is 0 Å². The number of hydrogen-bond acceptors (Lipinski definition) is 2. The largest absolute Gasteiger partial charge is 0.354 e. The Morgan fingerprint density at radius 2 is 1.89 bits per heavy atom. The number of hydrogen-bond donors (Lipinski definition) is 2. The van der Waals surface area contributed by atoms with Crippen LogP contribution in [0.15, 0.2) is 72.9 Å². The maximum absolute atomic E-state index is 14.0. The van der Waals surface area contributed by atoms with Crippen LogP contribution in [0.1, 0.15) is 29.3 Å². The van der Waals surface area contributed by atoms with Gasteiger partial charge in [-0.15, -0.1) is 0 Å². The van der Waals surface area contributed by atoms with Gasteiger partial charge >= 0.3 is 0 Å². The van der Waals surface area contributed by atoms with Crippen LogP contribution in [-0.4, -0.2) is 20.3 Å². The van der Waals surface area contributed by atoms with Gasteiger partial charge in [-0.25, -0.2) is 9.37 Å². The summed E-state index contributed by atoms with van der Waals surface area (Å²) in [4.78, 5) is 21.6. The van der Waals surface area contributed by atoms with Crippen LogP contribution in [0.4, 0.5) is 10.1 Å². The lowest BCUT2D eigenvalue weighted by Gasteiger charge is -2.09. The quantitative estimate of drug-likeness (QED) is 0.270. The fraction of sp³-hybridized carbons (Fsp3) is 0.161. The molecule has 0 aliphatic carbocycles. The van der Waals surface area contributed by atoms with E-state index in [-0.39, 0.29) is 18.1 Å². The summed E-state index contributed by atoms with van der Waals surface area (Å²) < 4.78 is 15.9. The molecular formula is C31H27FN4O. The number of benzene rings is 3. The Balaban J connectivity index is 1.35. The SMILES string of the molecule is CCc1cccc2c1[nH]c1cc(NC(=O)Cc3c(-c4ccc(F)c(C)c4)nc4ccc(C)cn34)ccc12. The van der Waals surface area contributed by atoms with Crippen LogP contribution < -0.4 is 5.32 Å². The normalized spacial score (nSPS) is 11.6. The van der Waals surface area contributed by atoms with E-state index in [2.05, 4.69) is 35.4 Å². The molecule has 3 aromatic carbocycles. The highest BCUT2D eigenvalue weighted by molar-refractivity contribution is 6.09. The first-order valence-electron chi connectivity index (χ1n) is 12.5. The Kier molecular flexibility index (Phi) is 5.52. The second-order valence-electron chi connectivity index (χ2n) is 9.61. The lowest BCUT2D eigenvalue weighted by molar-refractivity contribution is -0.115. The van der Waals surface area contributed by atoms with E-state index in [1.807, 2.05) is 47.9 Å². The fourth-order valence-electron chi connectivity index (χ4n) is 5.11. The maximum atomic E-state index is 14.0. The summed E-state index contributed by atoms with van der Waals surface area (Å²) >= 11 is 0. The lowest BCUT2D eigenvalue weighted by atomic mass is 10.1. The molecule has 6 heteroatoms. The molecule has 0 fully saturated rings. The van der Waals surface area contributed by atoms with Crippen molar-refractivity contribution in [2.24, 2.45) is 0 Å². The van der Waals surface area contributed by atoms with Gasteiger partial charge in [0.05, 0.1) is 17.8 Å². The van der Waals surface area contributed by atoms with Crippen LogP contribution in [0.2, 0.25) is 0 Å². The van der Waals surface area contributed by atoms with Crippen molar-refractivity contribution < 1.29 is 9.18 Å². The van der Waals surface area contributed by atoms with Gasteiger partial charge in [0.15, 0.2) is 0 Å². The molecule has 0 aliphatic heterocycles. The van der Waals surface area contributed by atoms with Crippen LogP contribution in [0.3, 0.4) is 0 Å². The van der Waals surface area contributed by atoms with E-state index in [0.29, 0.717) is 11.3 Å². The van der Waals surface area contributed by atoms with Gasteiger partial charge in [-0.05, 0) is 73.4 Å². The number of carbonyl (C=O) groups is 1. The second-order valence-corrected chi connectivity index (χ2v) is 9.61. The van der Waals surface area contributed by atoms with Gasteiger partial charge in [0, 0.05) is 39.3 Å². The van der Waals surface area contributed by atoms with E-state index in [1.54, 1.807) is 19.1 Å². The lowest BCUT2D eigenvalue weighted by Crippen LogP contribution is -2.16. The van der Waals surface area contributed by atoms with Gasteiger partial charge in [0.25, 0.3) is 0 Å². The number of nitrogens with one attached hydrogen (secondary N) is 2. The minimum absolute atomic E-state index is 0.126. The Labute approximate surface area is 214 Å². The van der Waals surface area contributed by atoms with Crippen molar-refractivity contribution in [1.82, 2.24) is 14.4 Å². The first kappa shape index (κ1) is 23.0. The van der Waals surface area contributed by atoms with Crippen LogP contribution >= 0.6 is 0 Å². The monoisotopic (exact) mass is 490 g/mol. The third-order valence-electron chi connectivity index (χ3n) is 7.01. The van der Waals surface area contributed by atoms with Crippen molar-refractivity contribution in [2.75, 3.05) is 5.32 Å². The maximum Gasteiger partial charge on any atom is 0.230 e. The Bertz CT molecular complexity index is 1830. The third kappa shape index (κ3) is 4.04. The standard InChI is InChI=1S/C31H27FN4O/c1-4-20-6-5-7-24-23-11-10-22(15-26(23)34-30(20)24)33-29(37)16-27-31(21-9-12-25(32)19(3)14-21)35-28-13-8-18(2)17-36(27)28/h5-15,17,34H,4,16H2,1-3H3,(H,33,37). The van der Waals surface area contributed by atoms with Crippen molar-refractivity contribution in [3.05, 3.63) is 101 Å². The number of aromatic nitrogens is 3. The highest BCUT2D eigenvalue weighted by Crippen LogP contribution is 2.31. The molecule has 6 rings (SSSR count). The smallest absolute Gasteiger partial charge is 0.230 e. The predicted molar refractivity (Wildman–Crippen MR) is 148 cm³/mol. The molecule has 6 aromatic rings. The van der Waals surface area contributed by atoms with E-state index in [1.165, 1.54) is 17.0 Å². The van der Waals surface area contributed by atoms with Crippen molar-refractivity contribution in [3.63, 3.8) is 0 Å². The average molecular weight is 491 g/mol. The fourth-order valence-corrected chi connectivity index (χ4v) is 5.11. The number of halogens is 1. The summed E-state index contributed by atoms with van der Waals surface area (Å²) in [6, 6.07) is 21.2. The summed E-state index contributed by atoms with van der Waals surface area (Å²) in [5.74, 6) is -0.408. The highest BCUT2D eigenvalue weighted by atomic mass is 19.1. The number of rotatable bonds is 5. The molecule has 0 aliphatic rings. The highest BCUT2D eigenvalue weighted by Gasteiger charge is 2.18. The van der Waals surface area contributed by atoms with Crippen LogP contribution in [0, 0.1) is 19.7 Å². The number of para-hydroxylation sites is 1. The molecular weight excluding hydrogens is 463 g/mol. The molecule has 37 heavy (non-hydrogen) atoms. The number of H-pyrrole nitrogens is 1. The number of amides is 1. The van der Waals surface area contributed by atoms with Gasteiger partial charge in [0.2, 0.25) is 5.91 Å². The van der Waals surface area contributed by atoms with Crippen LogP contribution in [0.25, 0.3) is 38.7 Å². The molecule has 0 radical (unpaired) electrons. The molecule has 2 N–H and O–H groups in total. The summed E-state index contributed by atoms with van der Waals surface area (Å²) in [5, 5.41) is 5.39. The minimum atomic E-state index is -0.263. The molecule has 184 valence electrons. The number of anilines is 1. The molecule has 0 atom stereocenters. The Morgan fingerprint density at radius 3 is 2.70 bits per heavy atom. The zero-order valence-electron chi connectivity index (χ0n) is 21.0. The van der Waals surface area contributed by atoms with Crippen molar-refractivity contribution in [2.45, 2.75) is 33.6 Å². The Hall–Kier alpha value is -4.45. The number of aromatic amines is 1. The molecule has 0 bridgehead atoms. The van der Waals surface area contributed by atoms with Crippen molar-refractivity contribution in [3.8, 4) is 11.3 Å². The van der Waals surface area contributed by atoms with Crippen LogP contribution in [-0.2, 0) is 17.6 Å². The number of imidazole rings is 1. The van der Waals surface area contributed by atoms with E-state index in [9.17, 15) is 9.18 Å². The molecule has 0 unspecified atom stereocenters. The first-order chi connectivity index (χ1) is 17.9. The molecule has 0 saturated carbocycles. The molecule has 1 amide bonds. The zero-order chi connectivity index (χ0) is 25.7. The average Bonchev–Trinajstić information content (AvgIpc) is 3.43. The summed E-state index contributed by atoms with van der Waals surface area (Å²) in [5.41, 5.74) is 8.71. The molecule has 3 aromatic heterocycles. The van der Waals surface area contributed by atoms with Gasteiger partial charge in [-0.1, -0.05) is 37.3 Å². The van der Waals surface area contributed by atoms with Crippen molar-refractivity contribution in [1.29, 1.82) is 0 Å². The summed E-state index contributed by atoms with van der Waals surface area (Å²) in [6.45, 7) is 5.88. The predicted octanol–water partition coefficient (Wildman–Crippen LogP) is 7.14. The van der Waals surface area contributed by atoms with E-state index < -0.39 is 0 Å². The number of fused-ring (bicyclic) bond motifs is 4.